The van der Waals surface area contributed by atoms with Crippen molar-refractivity contribution in [2.45, 2.75) is 0 Å². The van der Waals surface area contributed by atoms with Crippen molar-refractivity contribution < 1.29 is 5.11 Å². The molecule has 1 aliphatic rings. The summed E-state index contributed by atoms with van der Waals surface area (Å²) in [5, 5.41) is 10.5. The number of phenols is 1. The molecule has 4 rings (SSSR count). The Balaban J connectivity index is 1.59. The van der Waals surface area contributed by atoms with Crippen LogP contribution in [-0.2, 0) is 0 Å². The third-order valence-electron chi connectivity index (χ3n) is 4.70. The molecule has 0 bridgehead atoms. The SMILES string of the molecule is CN1CCN(c2ccc(-c3ccc4cc(O)ccc4n3)cc2)CC1. The highest BCUT2D eigenvalue weighted by Crippen LogP contribution is 2.26. The van der Waals surface area contributed by atoms with Crippen molar-refractivity contribution in [3.63, 3.8) is 0 Å². The van der Waals surface area contributed by atoms with Gasteiger partial charge in [0.05, 0.1) is 11.2 Å². The van der Waals surface area contributed by atoms with Gasteiger partial charge in [0, 0.05) is 42.8 Å². The van der Waals surface area contributed by atoms with E-state index in [2.05, 4.69) is 41.1 Å². The largest absolute Gasteiger partial charge is 0.508 e. The predicted molar refractivity (Wildman–Crippen MR) is 98.6 cm³/mol. The van der Waals surface area contributed by atoms with Crippen LogP contribution in [0.5, 0.6) is 5.75 Å². The first-order chi connectivity index (χ1) is 11.7. The van der Waals surface area contributed by atoms with Gasteiger partial charge in [-0.3, -0.25) is 0 Å². The minimum atomic E-state index is 0.272. The number of pyridine rings is 1. The highest BCUT2D eigenvalue weighted by molar-refractivity contribution is 5.83. The van der Waals surface area contributed by atoms with Gasteiger partial charge in [0.15, 0.2) is 0 Å². The Morgan fingerprint density at radius 2 is 1.62 bits per heavy atom. The molecule has 0 unspecified atom stereocenters. The maximum absolute atomic E-state index is 9.55. The summed E-state index contributed by atoms with van der Waals surface area (Å²) < 4.78 is 0. The highest BCUT2D eigenvalue weighted by Gasteiger charge is 2.14. The van der Waals surface area contributed by atoms with Gasteiger partial charge in [-0.05, 0) is 43.4 Å². The topological polar surface area (TPSA) is 39.6 Å². The summed E-state index contributed by atoms with van der Waals surface area (Å²) in [7, 11) is 2.17. The maximum Gasteiger partial charge on any atom is 0.116 e. The van der Waals surface area contributed by atoms with Gasteiger partial charge in [0.25, 0.3) is 0 Å². The molecule has 1 aliphatic heterocycles. The van der Waals surface area contributed by atoms with Gasteiger partial charge in [0.1, 0.15) is 5.75 Å². The zero-order valence-corrected chi connectivity index (χ0v) is 13.8. The molecule has 0 aliphatic carbocycles. The summed E-state index contributed by atoms with van der Waals surface area (Å²) in [4.78, 5) is 9.50. The number of piperazine rings is 1. The molecular formula is C20H21N3O. The van der Waals surface area contributed by atoms with Crippen LogP contribution in [0.15, 0.2) is 54.6 Å². The van der Waals surface area contributed by atoms with E-state index in [9.17, 15) is 5.11 Å². The molecule has 1 N–H and O–H groups in total. The van der Waals surface area contributed by atoms with Crippen molar-refractivity contribution in [3.8, 4) is 17.0 Å². The number of benzene rings is 2. The second kappa shape index (κ2) is 6.13. The van der Waals surface area contributed by atoms with E-state index in [-0.39, 0.29) is 5.75 Å². The van der Waals surface area contributed by atoms with E-state index in [1.165, 1.54) is 5.69 Å². The van der Waals surface area contributed by atoms with Crippen molar-refractivity contribution in [2.75, 3.05) is 38.1 Å². The Hall–Kier alpha value is -2.59. The maximum atomic E-state index is 9.55. The molecule has 0 amide bonds. The number of nitrogens with zero attached hydrogens (tertiary/aromatic N) is 3. The second-order valence-corrected chi connectivity index (χ2v) is 6.41. The van der Waals surface area contributed by atoms with Crippen LogP contribution in [0.1, 0.15) is 0 Å². The van der Waals surface area contributed by atoms with Gasteiger partial charge >= 0.3 is 0 Å². The van der Waals surface area contributed by atoms with E-state index < -0.39 is 0 Å². The van der Waals surface area contributed by atoms with Crippen LogP contribution in [0.3, 0.4) is 0 Å². The van der Waals surface area contributed by atoms with Crippen LogP contribution in [0.25, 0.3) is 22.2 Å². The lowest BCUT2D eigenvalue weighted by molar-refractivity contribution is 0.313. The Kier molecular flexibility index (Phi) is 3.82. The van der Waals surface area contributed by atoms with E-state index in [0.717, 1.165) is 48.3 Å². The number of hydrogen-bond donors (Lipinski definition) is 1. The summed E-state index contributed by atoms with van der Waals surface area (Å²) in [5.41, 5.74) is 4.24. The summed E-state index contributed by atoms with van der Waals surface area (Å²) in [5.74, 6) is 0.272. The Labute approximate surface area is 142 Å². The molecule has 24 heavy (non-hydrogen) atoms. The number of fused-ring (bicyclic) bond motifs is 1. The lowest BCUT2D eigenvalue weighted by Gasteiger charge is -2.34. The number of aromatic nitrogens is 1. The molecule has 0 spiro atoms. The van der Waals surface area contributed by atoms with Gasteiger partial charge < -0.3 is 14.9 Å². The Bertz CT molecular complexity index is 852. The lowest BCUT2D eigenvalue weighted by Crippen LogP contribution is -2.44. The average molecular weight is 319 g/mol. The van der Waals surface area contributed by atoms with Crippen molar-refractivity contribution in [1.82, 2.24) is 9.88 Å². The van der Waals surface area contributed by atoms with E-state index in [0.29, 0.717) is 0 Å². The molecule has 1 aromatic heterocycles. The number of phenolic OH excluding ortho intramolecular Hbond substituents is 1. The first-order valence-corrected chi connectivity index (χ1v) is 8.33. The van der Waals surface area contributed by atoms with Gasteiger partial charge in [-0.1, -0.05) is 18.2 Å². The molecular weight excluding hydrogens is 298 g/mol. The number of rotatable bonds is 2. The molecule has 4 heteroatoms. The third-order valence-corrected chi connectivity index (χ3v) is 4.70. The van der Waals surface area contributed by atoms with Crippen LogP contribution in [0.2, 0.25) is 0 Å². The van der Waals surface area contributed by atoms with Crippen molar-refractivity contribution in [3.05, 3.63) is 54.6 Å². The number of likely N-dealkylation sites (N-methyl/N-ethyl adjacent to an activating group) is 1. The second-order valence-electron chi connectivity index (χ2n) is 6.41. The summed E-state index contributed by atoms with van der Waals surface area (Å²) in [6.07, 6.45) is 0. The summed E-state index contributed by atoms with van der Waals surface area (Å²) in [6, 6.07) is 17.9. The molecule has 0 radical (unpaired) electrons. The number of hydrogen-bond acceptors (Lipinski definition) is 4. The van der Waals surface area contributed by atoms with Crippen LogP contribution < -0.4 is 4.90 Å². The monoisotopic (exact) mass is 319 g/mol. The van der Waals surface area contributed by atoms with E-state index in [1.54, 1.807) is 12.1 Å². The van der Waals surface area contributed by atoms with Crippen LogP contribution in [0.4, 0.5) is 5.69 Å². The minimum Gasteiger partial charge on any atom is -0.508 e. The molecule has 0 atom stereocenters. The average Bonchev–Trinajstić information content (AvgIpc) is 2.62. The first-order valence-electron chi connectivity index (χ1n) is 8.33. The van der Waals surface area contributed by atoms with E-state index >= 15 is 0 Å². The van der Waals surface area contributed by atoms with E-state index in [1.807, 2.05) is 18.2 Å². The smallest absolute Gasteiger partial charge is 0.116 e. The molecule has 1 saturated heterocycles. The Morgan fingerprint density at radius 3 is 2.38 bits per heavy atom. The normalized spacial score (nSPS) is 15.8. The van der Waals surface area contributed by atoms with Crippen LogP contribution in [-0.4, -0.2) is 48.2 Å². The van der Waals surface area contributed by atoms with Crippen molar-refractivity contribution >= 4 is 16.6 Å². The van der Waals surface area contributed by atoms with Gasteiger partial charge in [-0.25, -0.2) is 4.98 Å². The third kappa shape index (κ3) is 2.93. The zero-order chi connectivity index (χ0) is 16.5. The first kappa shape index (κ1) is 15.0. The fourth-order valence-corrected chi connectivity index (χ4v) is 3.18. The predicted octanol–water partition coefficient (Wildman–Crippen LogP) is 3.36. The molecule has 2 heterocycles. The standard InChI is InChI=1S/C20H21N3O/c1-22-10-12-23(13-11-22)17-5-2-15(3-6-17)19-8-4-16-14-18(24)7-9-20(16)21-19/h2-9,14,24H,10-13H2,1H3. The van der Waals surface area contributed by atoms with Crippen molar-refractivity contribution in [1.29, 1.82) is 0 Å². The summed E-state index contributed by atoms with van der Waals surface area (Å²) in [6.45, 7) is 4.38. The summed E-state index contributed by atoms with van der Waals surface area (Å²) >= 11 is 0. The molecule has 3 aromatic rings. The fraction of sp³-hybridized carbons (Fsp3) is 0.250. The number of aromatic hydroxyl groups is 1. The highest BCUT2D eigenvalue weighted by atomic mass is 16.3. The van der Waals surface area contributed by atoms with Crippen LogP contribution >= 0.6 is 0 Å². The van der Waals surface area contributed by atoms with Crippen LogP contribution in [0, 0.1) is 0 Å². The molecule has 0 saturated carbocycles. The fourth-order valence-electron chi connectivity index (χ4n) is 3.18. The van der Waals surface area contributed by atoms with E-state index in [4.69, 9.17) is 4.98 Å². The molecule has 122 valence electrons. The Morgan fingerprint density at radius 1 is 0.875 bits per heavy atom. The molecule has 2 aromatic carbocycles. The lowest BCUT2D eigenvalue weighted by atomic mass is 10.1. The van der Waals surface area contributed by atoms with Crippen molar-refractivity contribution in [2.24, 2.45) is 0 Å². The number of anilines is 1. The van der Waals surface area contributed by atoms with Gasteiger partial charge in [0.2, 0.25) is 0 Å². The van der Waals surface area contributed by atoms with Gasteiger partial charge in [-0.15, -0.1) is 0 Å². The van der Waals surface area contributed by atoms with Gasteiger partial charge in [-0.2, -0.15) is 0 Å². The zero-order valence-electron chi connectivity index (χ0n) is 13.8. The quantitative estimate of drug-likeness (QED) is 0.786. The molecule has 4 nitrogen and oxygen atoms in total. The molecule has 1 fully saturated rings. The minimum absolute atomic E-state index is 0.272.